The van der Waals surface area contributed by atoms with Gasteiger partial charge < -0.3 is 4.90 Å². The highest BCUT2D eigenvalue weighted by Crippen LogP contribution is 2.33. The van der Waals surface area contributed by atoms with Crippen LogP contribution in [0.5, 0.6) is 0 Å². The van der Waals surface area contributed by atoms with Crippen LogP contribution >= 0.6 is 11.3 Å². The Kier molecular flexibility index (Phi) is 3.24. The molecule has 0 radical (unpaired) electrons. The molecular formula is C18H14N2OS. The van der Waals surface area contributed by atoms with Crippen LogP contribution in [-0.4, -0.2) is 17.4 Å². The van der Waals surface area contributed by atoms with Gasteiger partial charge in [-0.1, -0.05) is 12.1 Å². The Hall–Kier alpha value is -2.46. The first-order chi connectivity index (χ1) is 10.8. The van der Waals surface area contributed by atoms with E-state index in [9.17, 15) is 4.79 Å². The predicted molar refractivity (Wildman–Crippen MR) is 89.4 cm³/mol. The second kappa shape index (κ2) is 5.39. The average Bonchev–Trinajstić information content (AvgIpc) is 3.24. The molecule has 0 atom stereocenters. The molecule has 3 nitrogen and oxygen atoms in total. The van der Waals surface area contributed by atoms with E-state index in [1.165, 1.54) is 22.5 Å². The van der Waals surface area contributed by atoms with Crippen LogP contribution in [0, 0.1) is 0 Å². The van der Waals surface area contributed by atoms with Crippen LogP contribution in [0.2, 0.25) is 0 Å². The van der Waals surface area contributed by atoms with Crippen LogP contribution < -0.4 is 4.90 Å². The van der Waals surface area contributed by atoms with Crippen LogP contribution in [0.15, 0.2) is 60.2 Å². The van der Waals surface area contributed by atoms with Gasteiger partial charge in [0.25, 0.3) is 5.91 Å². The third-order valence-corrected chi connectivity index (χ3v) is 4.82. The molecule has 0 saturated heterocycles. The van der Waals surface area contributed by atoms with E-state index < -0.39 is 0 Å². The maximum atomic E-state index is 12.6. The van der Waals surface area contributed by atoms with Crippen LogP contribution in [0.1, 0.15) is 15.2 Å². The Morgan fingerprint density at radius 1 is 1.09 bits per heavy atom. The van der Waals surface area contributed by atoms with Gasteiger partial charge in [0.05, 0.1) is 4.88 Å². The van der Waals surface area contributed by atoms with E-state index >= 15 is 0 Å². The van der Waals surface area contributed by atoms with Gasteiger partial charge in [-0.3, -0.25) is 9.78 Å². The summed E-state index contributed by atoms with van der Waals surface area (Å²) in [6.07, 6.45) is 4.51. The fourth-order valence-electron chi connectivity index (χ4n) is 2.87. The zero-order chi connectivity index (χ0) is 14.9. The number of carbonyl (C=O) groups is 1. The van der Waals surface area contributed by atoms with Crippen molar-refractivity contribution in [2.75, 3.05) is 11.4 Å². The SMILES string of the molecule is O=C(c1cccs1)N1CCc2cc(-c3ccncc3)ccc21. The predicted octanol–water partition coefficient (Wildman–Crippen LogP) is 4.01. The number of hydrogen-bond acceptors (Lipinski definition) is 3. The zero-order valence-electron chi connectivity index (χ0n) is 11.9. The van der Waals surface area contributed by atoms with E-state index in [1.54, 1.807) is 12.4 Å². The summed E-state index contributed by atoms with van der Waals surface area (Å²) in [6, 6.07) is 14.1. The quantitative estimate of drug-likeness (QED) is 0.716. The van der Waals surface area contributed by atoms with Crippen LogP contribution in [0.25, 0.3) is 11.1 Å². The number of thiophene rings is 1. The lowest BCUT2D eigenvalue weighted by atomic mass is 10.0. The first-order valence-corrected chi connectivity index (χ1v) is 8.09. The second-order valence-corrected chi connectivity index (χ2v) is 6.21. The first kappa shape index (κ1) is 13.2. The van der Waals surface area contributed by atoms with Crippen molar-refractivity contribution < 1.29 is 4.79 Å². The largest absolute Gasteiger partial charge is 0.307 e. The van der Waals surface area contributed by atoms with Gasteiger partial charge in [0.2, 0.25) is 0 Å². The summed E-state index contributed by atoms with van der Waals surface area (Å²) in [4.78, 5) is 19.3. The molecule has 108 valence electrons. The fraction of sp³-hybridized carbons (Fsp3) is 0.111. The highest BCUT2D eigenvalue weighted by atomic mass is 32.1. The maximum Gasteiger partial charge on any atom is 0.268 e. The molecule has 0 aliphatic carbocycles. The van der Waals surface area contributed by atoms with Gasteiger partial charge in [-0.05, 0) is 58.8 Å². The number of rotatable bonds is 2. The van der Waals surface area contributed by atoms with Crippen molar-refractivity contribution in [3.8, 4) is 11.1 Å². The molecular weight excluding hydrogens is 292 g/mol. The van der Waals surface area contributed by atoms with E-state index in [-0.39, 0.29) is 5.91 Å². The summed E-state index contributed by atoms with van der Waals surface area (Å²) in [7, 11) is 0. The summed E-state index contributed by atoms with van der Waals surface area (Å²) in [5, 5.41) is 1.94. The number of amides is 1. The van der Waals surface area contributed by atoms with E-state index in [0.717, 1.165) is 29.1 Å². The first-order valence-electron chi connectivity index (χ1n) is 7.21. The van der Waals surface area contributed by atoms with E-state index in [4.69, 9.17) is 0 Å². The number of fused-ring (bicyclic) bond motifs is 1. The molecule has 4 rings (SSSR count). The van der Waals surface area contributed by atoms with Gasteiger partial charge in [0.15, 0.2) is 0 Å². The minimum absolute atomic E-state index is 0.102. The molecule has 1 aromatic carbocycles. The maximum absolute atomic E-state index is 12.6. The second-order valence-electron chi connectivity index (χ2n) is 5.26. The molecule has 0 fully saturated rings. The fourth-order valence-corrected chi connectivity index (χ4v) is 3.54. The van der Waals surface area contributed by atoms with Crippen LogP contribution in [-0.2, 0) is 6.42 Å². The molecule has 0 N–H and O–H groups in total. The monoisotopic (exact) mass is 306 g/mol. The Balaban J connectivity index is 1.68. The Morgan fingerprint density at radius 2 is 1.95 bits per heavy atom. The number of aromatic nitrogens is 1. The van der Waals surface area contributed by atoms with Crippen LogP contribution in [0.4, 0.5) is 5.69 Å². The number of anilines is 1. The van der Waals surface area contributed by atoms with Gasteiger partial charge in [-0.15, -0.1) is 11.3 Å². The molecule has 3 heterocycles. The van der Waals surface area contributed by atoms with Crippen molar-refractivity contribution in [3.05, 3.63) is 70.7 Å². The van der Waals surface area contributed by atoms with Gasteiger partial charge in [-0.25, -0.2) is 0 Å². The van der Waals surface area contributed by atoms with Gasteiger partial charge in [0, 0.05) is 24.6 Å². The van der Waals surface area contributed by atoms with Gasteiger partial charge in [-0.2, -0.15) is 0 Å². The number of hydrogen-bond donors (Lipinski definition) is 0. The Bertz CT molecular complexity index is 812. The lowest BCUT2D eigenvalue weighted by molar-refractivity contribution is 0.0993. The molecule has 4 heteroatoms. The Morgan fingerprint density at radius 3 is 2.73 bits per heavy atom. The van der Waals surface area contributed by atoms with Gasteiger partial charge in [0.1, 0.15) is 0 Å². The van der Waals surface area contributed by atoms with Crippen molar-refractivity contribution >= 4 is 22.9 Å². The number of benzene rings is 1. The standard InChI is InChI=1S/C18H14N2OS/c21-18(17-2-1-11-22-17)20-10-7-15-12-14(3-4-16(15)20)13-5-8-19-9-6-13/h1-6,8-9,11-12H,7,10H2. The van der Waals surface area contributed by atoms with Crippen LogP contribution in [0.3, 0.4) is 0 Å². The summed E-state index contributed by atoms with van der Waals surface area (Å²) >= 11 is 1.49. The minimum Gasteiger partial charge on any atom is -0.307 e. The molecule has 1 amide bonds. The molecule has 3 aromatic rings. The molecule has 0 unspecified atom stereocenters. The highest BCUT2D eigenvalue weighted by molar-refractivity contribution is 7.12. The normalized spacial score (nSPS) is 13.2. The lowest BCUT2D eigenvalue weighted by Crippen LogP contribution is -2.28. The molecule has 0 bridgehead atoms. The summed E-state index contributed by atoms with van der Waals surface area (Å²) < 4.78 is 0. The Labute approximate surface area is 132 Å². The van der Waals surface area contributed by atoms with Crippen molar-refractivity contribution in [1.29, 1.82) is 0 Å². The molecule has 0 saturated carbocycles. The lowest BCUT2D eigenvalue weighted by Gasteiger charge is -2.16. The zero-order valence-corrected chi connectivity index (χ0v) is 12.7. The number of carbonyl (C=O) groups excluding carboxylic acids is 1. The summed E-state index contributed by atoms with van der Waals surface area (Å²) in [6.45, 7) is 0.756. The molecule has 0 spiro atoms. The molecule has 1 aliphatic heterocycles. The minimum atomic E-state index is 0.102. The third-order valence-electron chi connectivity index (χ3n) is 3.97. The molecule has 2 aromatic heterocycles. The van der Waals surface area contributed by atoms with Crippen molar-refractivity contribution in [2.45, 2.75) is 6.42 Å². The number of pyridine rings is 1. The average molecular weight is 306 g/mol. The van der Waals surface area contributed by atoms with E-state index in [0.29, 0.717) is 0 Å². The van der Waals surface area contributed by atoms with E-state index in [1.807, 2.05) is 34.5 Å². The molecule has 22 heavy (non-hydrogen) atoms. The van der Waals surface area contributed by atoms with E-state index in [2.05, 4.69) is 23.2 Å². The van der Waals surface area contributed by atoms with Crippen molar-refractivity contribution in [3.63, 3.8) is 0 Å². The topological polar surface area (TPSA) is 33.2 Å². The third kappa shape index (κ3) is 2.22. The molecule has 1 aliphatic rings. The van der Waals surface area contributed by atoms with Crippen molar-refractivity contribution in [1.82, 2.24) is 4.98 Å². The highest BCUT2D eigenvalue weighted by Gasteiger charge is 2.26. The van der Waals surface area contributed by atoms with Gasteiger partial charge >= 0.3 is 0 Å². The summed E-state index contributed by atoms with van der Waals surface area (Å²) in [5.74, 6) is 0.102. The van der Waals surface area contributed by atoms with Crippen molar-refractivity contribution in [2.24, 2.45) is 0 Å². The summed E-state index contributed by atoms with van der Waals surface area (Å²) in [5.41, 5.74) is 4.60. The smallest absolute Gasteiger partial charge is 0.268 e. The number of nitrogens with zero attached hydrogens (tertiary/aromatic N) is 2.